The van der Waals surface area contributed by atoms with Gasteiger partial charge < -0.3 is 10.1 Å². The molecule has 1 heterocycles. The summed E-state index contributed by atoms with van der Waals surface area (Å²) >= 11 is 3.44. The lowest BCUT2D eigenvalue weighted by atomic mass is 9.85. The molecule has 1 saturated heterocycles. The van der Waals surface area contributed by atoms with Gasteiger partial charge >= 0.3 is 5.97 Å². The Morgan fingerprint density at radius 2 is 2.41 bits per heavy atom. The Bertz CT molecular complexity index is 402. The summed E-state index contributed by atoms with van der Waals surface area (Å²) in [6.45, 7) is 1.86. The molecule has 0 aromatic heterocycles. The highest BCUT2D eigenvalue weighted by Crippen LogP contribution is 2.31. The largest absolute Gasteiger partial charge is 0.469 e. The summed E-state index contributed by atoms with van der Waals surface area (Å²) in [7, 11) is 1.45. The molecule has 0 bridgehead atoms. The molecule has 2 atom stereocenters. The van der Waals surface area contributed by atoms with E-state index < -0.39 is 0 Å². The second-order valence-electron chi connectivity index (χ2n) is 4.31. The van der Waals surface area contributed by atoms with Crippen molar-refractivity contribution in [2.75, 3.05) is 20.2 Å². The number of carbonyl (C=O) groups excluding carboxylic acids is 1. The first kappa shape index (κ1) is 12.6. The Balaban J connectivity index is 2.29. The molecule has 0 spiro atoms. The fourth-order valence-corrected chi connectivity index (χ4v) is 2.81. The third-order valence-corrected chi connectivity index (χ3v) is 3.73. The fraction of sp³-hybridized carbons (Fsp3) is 0.462. The van der Waals surface area contributed by atoms with E-state index in [2.05, 4.69) is 21.2 Å². The van der Waals surface area contributed by atoms with E-state index in [0.717, 1.165) is 29.5 Å². The molecule has 0 radical (unpaired) electrons. The number of halogens is 1. The van der Waals surface area contributed by atoms with Crippen LogP contribution in [0.4, 0.5) is 0 Å². The standard InChI is InChI=1S/C13H16BrNO2/c1-17-13(16)12(10-5-6-15-8-10)9-3-2-4-11(14)7-9/h2-4,7,10,12,15H,5-6,8H2,1H3. The van der Waals surface area contributed by atoms with Crippen molar-refractivity contribution in [3.8, 4) is 0 Å². The fourth-order valence-electron chi connectivity index (χ4n) is 2.39. The monoisotopic (exact) mass is 297 g/mol. The maximum Gasteiger partial charge on any atom is 0.313 e. The Morgan fingerprint density at radius 1 is 1.59 bits per heavy atom. The van der Waals surface area contributed by atoms with Gasteiger partial charge in [-0.1, -0.05) is 28.1 Å². The number of ether oxygens (including phenoxy) is 1. The van der Waals surface area contributed by atoms with Crippen LogP contribution in [-0.2, 0) is 9.53 Å². The molecule has 0 amide bonds. The van der Waals surface area contributed by atoms with Crippen LogP contribution in [0.15, 0.2) is 28.7 Å². The summed E-state index contributed by atoms with van der Waals surface area (Å²) in [5, 5.41) is 3.30. The molecule has 1 aromatic carbocycles. The third-order valence-electron chi connectivity index (χ3n) is 3.23. The summed E-state index contributed by atoms with van der Waals surface area (Å²) in [5.74, 6) is 0.0287. The van der Waals surface area contributed by atoms with Crippen LogP contribution >= 0.6 is 15.9 Å². The van der Waals surface area contributed by atoms with Gasteiger partial charge in [-0.25, -0.2) is 0 Å². The molecule has 0 aliphatic carbocycles. The van der Waals surface area contributed by atoms with Crippen molar-refractivity contribution in [3.05, 3.63) is 34.3 Å². The van der Waals surface area contributed by atoms with Crippen LogP contribution in [0.2, 0.25) is 0 Å². The summed E-state index contributed by atoms with van der Waals surface area (Å²) < 4.78 is 5.93. The SMILES string of the molecule is COC(=O)C(c1cccc(Br)c1)C1CCNC1. The van der Waals surface area contributed by atoms with Crippen LogP contribution in [-0.4, -0.2) is 26.2 Å². The highest BCUT2D eigenvalue weighted by atomic mass is 79.9. The van der Waals surface area contributed by atoms with Gasteiger partial charge in [-0.3, -0.25) is 4.79 Å². The summed E-state index contributed by atoms with van der Waals surface area (Å²) in [6.07, 6.45) is 1.02. The molecular formula is C13H16BrNO2. The summed E-state index contributed by atoms with van der Waals surface area (Å²) in [5.41, 5.74) is 1.03. The smallest absolute Gasteiger partial charge is 0.313 e. The minimum atomic E-state index is -0.160. The predicted molar refractivity (Wildman–Crippen MR) is 69.9 cm³/mol. The van der Waals surface area contributed by atoms with E-state index in [4.69, 9.17) is 4.74 Å². The minimum Gasteiger partial charge on any atom is -0.469 e. The van der Waals surface area contributed by atoms with Gasteiger partial charge in [-0.05, 0) is 43.1 Å². The van der Waals surface area contributed by atoms with E-state index in [-0.39, 0.29) is 11.9 Å². The topological polar surface area (TPSA) is 38.3 Å². The molecule has 3 nitrogen and oxygen atoms in total. The van der Waals surface area contributed by atoms with E-state index in [9.17, 15) is 4.79 Å². The van der Waals surface area contributed by atoms with Crippen molar-refractivity contribution < 1.29 is 9.53 Å². The maximum absolute atomic E-state index is 11.9. The van der Waals surface area contributed by atoms with Gasteiger partial charge in [0.05, 0.1) is 13.0 Å². The van der Waals surface area contributed by atoms with Gasteiger partial charge in [0.15, 0.2) is 0 Å². The zero-order valence-corrected chi connectivity index (χ0v) is 11.4. The zero-order chi connectivity index (χ0) is 12.3. The van der Waals surface area contributed by atoms with Crippen LogP contribution in [0.5, 0.6) is 0 Å². The number of esters is 1. The van der Waals surface area contributed by atoms with Crippen molar-refractivity contribution in [3.63, 3.8) is 0 Å². The molecule has 1 aliphatic rings. The summed E-state index contributed by atoms with van der Waals surface area (Å²) in [6, 6.07) is 7.91. The highest BCUT2D eigenvalue weighted by Gasteiger charge is 2.32. The molecule has 1 fully saturated rings. The van der Waals surface area contributed by atoms with Crippen molar-refractivity contribution in [2.24, 2.45) is 5.92 Å². The van der Waals surface area contributed by atoms with Crippen molar-refractivity contribution in [2.45, 2.75) is 12.3 Å². The zero-order valence-electron chi connectivity index (χ0n) is 9.78. The lowest BCUT2D eigenvalue weighted by Gasteiger charge is -2.21. The Labute approximate surface area is 110 Å². The highest BCUT2D eigenvalue weighted by molar-refractivity contribution is 9.10. The molecule has 1 aliphatic heterocycles. The summed E-state index contributed by atoms with van der Waals surface area (Å²) in [4.78, 5) is 11.9. The lowest BCUT2D eigenvalue weighted by Crippen LogP contribution is -2.24. The van der Waals surface area contributed by atoms with Crippen LogP contribution in [0.25, 0.3) is 0 Å². The van der Waals surface area contributed by atoms with Gasteiger partial charge in [0, 0.05) is 4.47 Å². The number of benzene rings is 1. The number of methoxy groups -OCH3 is 1. The quantitative estimate of drug-likeness (QED) is 0.870. The van der Waals surface area contributed by atoms with Gasteiger partial charge in [0.25, 0.3) is 0 Å². The number of hydrogen-bond donors (Lipinski definition) is 1. The molecule has 1 N–H and O–H groups in total. The second-order valence-corrected chi connectivity index (χ2v) is 5.22. The molecule has 17 heavy (non-hydrogen) atoms. The van der Waals surface area contributed by atoms with Crippen molar-refractivity contribution >= 4 is 21.9 Å². The number of nitrogens with one attached hydrogen (secondary N) is 1. The van der Waals surface area contributed by atoms with Crippen LogP contribution in [0, 0.1) is 5.92 Å². The van der Waals surface area contributed by atoms with E-state index >= 15 is 0 Å². The molecule has 92 valence electrons. The van der Waals surface area contributed by atoms with E-state index in [1.165, 1.54) is 7.11 Å². The molecule has 1 aromatic rings. The first-order valence-electron chi connectivity index (χ1n) is 5.76. The minimum absolute atomic E-state index is 0.142. The molecule has 2 unspecified atom stereocenters. The third kappa shape index (κ3) is 2.87. The second kappa shape index (κ2) is 5.65. The maximum atomic E-state index is 11.9. The number of carbonyl (C=O) groups is 1. The van der Waals surface area contributed by atoms with Gasteiger partial charge in [-0.15, -0.1) is 0 Å². The van der Waals surface area contributed by atoms with Gasteiger partial charge in [-0.2, -0.15) is 0 Å². The number of hydrogen-bond acceptors (Lipinski definition) is 3. The van der Waals surface area contributed by atoms with Crippen molar-refractivity contribution in [1.29, 1.82) is 0 Å². The van der Waals surface area contributed by atoms with E-state index in [1.54, 1.807) is 0 Å². The number of rotatable bonds is 3. The van der Waals surface area contributed by atoms with Crippen LogP contribution in [0.3, 0.4) is 0 Å². The Hall–Kier alpha value is -0.870. The first-order chi connectivity index (χ1) is 8.22. The Morgan fingerprint density at radius 3 is 3.00 bits per heavy atom. The van der Waals surface area contributed by atoms with Crippen LogP contribution < -0.4 is 5.32 Å². The average Bonchev–Trinajstić information content (AvgIpc) is 2.83. The van der Waals surface area contributed by atoms with Crippen LogP contribution in [0.1, 0.15) is 17.9 Å². The normalized spacial score (nSPS) is 21.2. The van der Waals surface area contributed by atoms with Gasteiger partial charge in [0.2, 0.25) is 0 Å². The molecule has 2 rings (SSSR count). The average molecular weight is 298 g/mol. The predicted octanol–water partition coefficient (Wildman–Crippen LogP) is 2.32. The van der Waals surface area contributed by atoms with E-state index in [1.807, 2.05) is 24.3 Å². The lowest BCUT2D eigenvalue weighted by molar-refractivity contribution is -0.143. The first-order valence-corrected chi connectivity index (χ1v) is 6.55. The van der Waals surface area contributed by atoms with Gasteiger partial charge in [0.1, 0.15) is 0 Å². The molecule has 4 heteroatoms. The van der Waals surface area contributed by atoms with Crippen molar-refractivity contribution in [1.82, 2.24) is 5.32 Å². The molecular weight excluding hydrogens is 282 g/mol. The Kier molecular flexibility index (Phi) is 4.18. The molecule has 0 saturated carbocycles. The van der Waals surface area contributed by atoms with E-state index in [0.29, 0.717) is 5.92 Å².